The van der Waals surface area contributed by atoms with Gasteiger partial charge in [-0.2, -0.15) is 0 Å². The molecule has 0 aliphatic carbocycles. The molecule has 0 unspecified atom stereocenters. The maximum atomic E-state index is 10.6. The molecule has 0 aliphatic rings. The smallest absolute Gasteiger partial charge is 0.248 e. The minimum Gasteiger partial charge on any atom is -0.366 e. The van der Waals surface area contributed by atoms with Crippen LogP contribution in [0.1, 0.15) is 29.8 Å². The van der Waals surface area contributed by atoms with Crippen LogP contribution in [0.2, 0.25) is 0 Å². The quantitative estimate of drug-likeness (QED) is 0.794. The van der Waals surface area contributed by atoms with Crippen molar-refractivity contribution in [1.29, 1.82) is 0 Å². The van der Waals surface area contributed by atoms with Crippen LogP contribution in [0.4, 0.5) is 0 Å². The molecule has 84 valence electrons. The maximum absolute atomic E-state index is 10.6. The Kier molecular flexibility index (Phi) is 7.28. The van der Waals surface area contributed by atoms with Crippen LogP contribution in [0.5, 0.6) is 0 Å². The highest BCUT2D eigenvalue weighted by atomic mass is 16.1. The van der Waals surface area contributed by atoms with Gasteiger partial charge in [0, 0.05) is 5.56 Å². The van der Waals surface area contributed by atoms with Crippen LogP contribution in [-0.2, 0) is 0 Å². The van der Waals surface area contributed by atoms with Gasteiger partial charge in [-0.3, -0.25) is 4.79 Å². The summed E-state index contributed by atoms with van der Waals surface area (Å²) in [7, 11) is 0. The molecule has 1 rings (SSSR count). The van der Waals surface area contributed by atoms with Crippen molar-refractivity contribution < 1.29 is 4.79 Å². The molecule has 1 aromatic rings. The molecule has 1 aromatic carbocycles. The van der Waals surface area contributed by atoms with Crippen LogP contribution in [0.25, 0.3) is 0 Å². The van der Waals surface area contributed by atoms with Crippen molar-refractivity contribution >= 4 is 5.91 Å². The van der Waals surface area contributed by atoms with E-state index in [0.717, 1.165) is 18.7 Å². The van der Waals surface area contributed by atoms with E-state index in [2.05, 4.69) is 19.2 Å². The number of aryl methyl sites for hydroxylation is 1. The second-order valence-corrected chi connectivity index (χ2v) is 3.14. The van der Waals surface area contributed by atoms with Gasteiger partial charge < -0.3 is 11.1 Å². The molecule has 3 heteroatoms. The Bertz CT molecular complexity index is 295. The van der Waals surface area contributed by atoms with E-state index < -0.39 is 0 Å². The van der Waals surface area contributed by atoms with E-state index in [0.29, 0.717) is 5.56 Å². The van der Waals surface area contributed by atoms with Crippen molar-refractivity contribution in [2.24, 2.45) is 5.73 Å². The largest absolute Gasteiger partial charge is 0.366 e. The summed E-state index contributed by atoms with van der Waals surface area (Å²) in [6, 6.07) is 7.26. The van der Waals surface area contributed by atoms with Gasteiger partial charge >= 0.3 is 0 Å². The molecule has 1 amide bonds. The van der Waals surface area contributed by atoms with Crippen LogP contribution in [0.3, 0.4) is 0 Å². The van der Waals surface area contributed by atoms with Gasteiger partial charge in [0.1, 0.15) is 0 Å². The van der Waals surface area contributed by atoms with Crippen LogP contribution in [0, 0.1) is 6.92 Å². The van der Waals surface area contributed by atoms with Gasteiger partial charge in [-0.05, 0) is 31.6 Å². The number of carbonyl (C=O) groups excluding carboxylic acids is 1. The Morgan fingerprint density at radius 2 is 1.80 bits per heavy atom. The lowest BCUT2D eigenvalue weighted by Gasteiger charge is -1.97. The van der Waals surface area contributed by atoms with Gasteiger partial charge in [-0.1, -0.05) is 32.0 Å². The van der Waals surface area contributed by atoms with E-state index in [4.69, 9.17) is 5.73 Å². The van der Waals surface area contributed by atoms with Gasteiger partial charge in [0.05, 0.1) is 0 Å². The van der Waals surface area contributed by atoms with E-state index in [1.807, 2.05) is 19.1 Å². The lowest BCUT2D eigenvalue weighted by Crippen LogP contribution is -2.12. The molecule has 0 saturated carbocycles. The van der Waals surface area contributed by atoms with E-state index in [-0.39, 0.29) is 5.91 Å². The number of primary amides is 1. The molecule has 3 nitrogen and oxygen atoms in total. The molecule has 0 bridgehead atoms. The van der Waals surface area contributed by atoms with E-state index in [1.54, 1.807) is 12.1 Å². The molecule has 0 heterocycles. The molecule has 3 N–H and O–H groups in total. The zero-order valence-corrected chi connectivity index (χ0v) is 9.71. The first-order chi connectivity index (χ1) is 7.13. The minimum absolute atomic E-state index is 0.363. The fourth-order valence-corrected chi connectivity index (χ4v) is 1.10. The van der Waals surface area contributed by atoms with Crippen molar-refractivity contribution in [1.82, 2.24) is 5.32 Å². The van der Waals surface area contributed by atoms with Crippen LogP contribution in [0.15, 0.2) is 24.3 Å². The summed E-state index contributed by atoms with van der Waals surface area (Å²) in [5, 5.41) is 3.11. The third-order valence-corrected chi connectivity index (χ3v) is 1.91. The van der Waals surface area contributed by atoms with Crippen molar-refractivity contribution in [2.75, 3.05) is 13.1 Å². The second-order valence-electron chi connectivity index (χ2n) is 3.14. The normalized spacial score (nSPS) is 9.00. The third-order valence-electron chi connectivity index (χ3n) is 1.91. The Hall–Kier alpha value is -1.35. The summed E-state index contributed by atoms with van der Waals surface area (Å²) in [5.41, 5.74) is 6.60. The number of rotatable bonds is 3. The number of amides is 1. The zero-order chi connectivity index (χ0) is 11.7. The summed E-state index contributed by atoms with van der Waals surface area (Å²) >= 11 is 0. The highest BCUT2D eigenvalue weighted by Gasteiger charge is 2.00. The average molecular weight is 208 g/mol. The van der Waals surface area contributed by atoms with Crippen LogP contribution in [-0.4, -0.2) is 19.0 Å². The summed E-state index contributed by atoms with van der Waals surface area (Å²) in [5.74, 6) is -0.363. The second kappa shape index (κ2) is 8.00. The number of nitrogens with two attached hydrogens (primary N) is 1. The zero-order valence-electron chi connectivity index (χ0n) is 9.71. The van der Waals surface area contributed by atoms with E-state index >= 15 is 0 Å². The Balaban J connectivity index is 0.000000336. The summed E-state index contributed by atoms with van der Waals surface area (Å²) in [4.78, 5) is 10.6. The molecule has 0 atom stereocenters. The highest BCUT2D eigenvalue weighted by Crippen LogP contribution is 2.04. The van der Waals surface area contributed by atoms with Crippen molar-refractivity contribution in [3.63, 3.8) is 0 Å². The van der Waals surface area contributed by atoms with E-state index in [1.165, 1.54) is 0 Å². The number of hydrogen-bond donors (Lipinski definition) is 2. The van der Waals surface area contributed by atoms with Crippen molar-refractivity contribution in [3.8, 4) is 0 Å². The molecule has 0 fully saturated rings. The summed E-state index contributed by atoms with van der Waals surface area (Å²) < 4.78 is 0. The first-order valence-corrected chi connectivity index (χ1v) is 5.19. The van der Waals surface area contributed by atoms with Gasteiger partial charge in [-0.25, -0.2) is 0 Å². The van der Waals surface area contributed by atoms with E-state index in [9.17, 15) is 4.79 Å². The molecular formula is C12H20N2O. The summed E-state index contributed by atoms with van der Waals surface area (Å²) in [6.07, 6.45) is 0. The Morgan fingerprint density at radius 3 is 2.07 bits per heavy atom. The Labute approximate surface area is 91.7 Å². The molecule has 0 saturated heterocycles. The van der Waals surface area contributed by atoms with Gasteiger partial charge in [0.15, 0.2) is 0 Å². The maximum Gasteiger partial charge on any atom is 0.248 e. The summed E-state index contributed by atoms with van der Waals surface area (Å²) in [6.45, 7) is 8.25. The Morgan fingerprint density at radius 1 is 1.27 bits per heavy atom. The van der Waals surface area contributed by atoms with Crippen molar-refractivity contribution in [3.05, 3.63) is 35.4 Å². The lowest BCUT2D eigenvalue weighted by molar-refractivity contribution is 0.0999. The van der Waals surface area contributed by atoms with Gasteiger partial charge in [0.25, 0.3) is 0 Å². The fraction of sp³-hybridized carbons (Fsp3) is 0.417. The molecule has 0 radical (unpaired) electrons. The lowest BCUT2D eigenvalue weighted by atomic mass is 10.1. The first-order valence-electron chi connectivity index (χ1n) is 5.19. The number of nitrogens with one attached hydrogen (secondary N) is 1. The predicted octanol–water partition coefficient (Wildman–Crippen LogP) is 1.71. The minimum atomic E-state index is -0.363. The van der Waals surface area contributed by atoms with Gasteiger partial charge in [-0.15, -0.1) is 0 Å². The van der Waals surface area contributed by atoms with Gasteiger partial charge in [0.2, 0.25) is 5.91 Å². The molecule has 0 aliphatic heterocycles. The van der Waals surface area contributed by atoms with Crippen molar-refractivity contribution in [2.45, 2.75) is 20.8 Å². The molecule has 0 spiro atoms. The average Bonchev–Trinajstić information content (AvgIpc) is 2.20. The topological polar surface area (TPSA) is 55.1 Å². The standard InChI is InChI=1S/C8H9NO.C4H11N/c1-6-4-2-3-5-7(6)8(9)10;1-3-5-4-2/h2-5H,1H3,(H2,9,10);5H,3-4H2,1-2H3. The van der Waals surface area contributed by atoms with Crippen LogP contribution < -0.4 is 11.1 Å². The van der Waals surface area contributed by atoms with Crippen LogP contribution >= 0.6 is 0 Å². The third kappa shape index (κ3) is 5.86. The fourth-order valence-electron chi connectivity index (χ4n) is 1.10. The highest BCUT2D eigenvalue weighted by molar-refractivity contribution is 5.94. The first kappa shape index (κ1) is 13.7. The molecular weight excluding hydrogens is 188 g/mol. The number of hydrogen-bond acceptors (Lipinski definition) is 2. The predicted molar refractivity (Wildman–Crippen MR) is 63.9 cm³/mol. The molecule has 15 heavy (non-hydrogen) atoms. The SMILES string of the molecule is CCNCC.Cc1ccccc1C(N)=O. The number of carbonyl (C=O) groups is 1. The molecule has 0 aromatic heterocycles. The number of benzene rings is 1. The monoisotopic (exact) mass is 208 g/mol.